The first-order chi connectivity index (χ1) is 17.0. The van der Waals surface area contributed by atoms with Gasteiger partial charge in [0.2, 0.25) is 0 Å². The second-order valence-corrected chi connectivity index (χ2v) is 9.62. The highest BCUT2D eigenvalue weighted by atomic mass is 32.2. The third-order valence-electron chi connectivity index (χ3n) is 5.61. The van der Waals surface area contributed by atoms with E-state index in [0.717, 1.165) is 17.0 Å². The fraction of sp³-hybridized carbons (Fsp3) is 0.381. The van der Waals surface area contributed by atoms with E-state index < -0.39 is 40.3 Å². The van der Waals surface area contributed by atoms with Gasteiger partial charge >= 0.3 is 22.6 Å². The maximum atomic E-state index is 13.1. The number of carbonyl (C=O) groups excluding carboxylic acids is 2. The Kier molecular flexibility index (Phi) is 7.06. The van der Waals surface area contributed by atoms with Crippen LogP contribution in [0.4, 0.5) is 29.3 Å². The molecular weight excluding hydrogens is 507 g/mol. The third kappa shape index (κ3) is 5.52. The number of alkyl halides is 3. The van der Waals surface area contributed by atoms with Crippen molar-refractivity contribution in [1.29, 1.82) is 0 Å². The maximum absolute atomic E-state index is 13.1. The Morgan fingerprint density at radius 1 is 1.14 bits per heavy atom. The summed E-state index contributed by atoms with van der Waals surface area (Å²) >= 11 is 0. The number of hydrogen-bond acceptors (Lipinski definition) is 7. The second kappa shape index (κ2) is 9.91. The van der Waals surface area contributed by atoms with Crippen LogP contribution in [0.5, 0.6) is 5.75 Å². The number of anilines is 2. The van der Waals surface area contributed by atoms with Gasteiger partial charge < -0.3 is 14.4 Å². The molecule has 1 aromatic heterocycles. The van der Waals surface area contributed by atoms with Crippen LogP contribution >= 0.6 is 0 Å². The maximum Gasteiger partial charge on any atom is 0.573 e. The van der Waals surface area contributed by atoms with E-state index >= 15 is 0 Å². The van der Waals surface area contributed by atoms with E-state index in [2.05, 4.69) is 14.4 Å². The van der Waals surface area contributed by atoms with Gasteiger partial charge in [-0.05, 0) is 42.8 Å². The van der Waals surface area contributed by atoms with Crippen molar-refractivity contribution in [2.45, 2.75) is 25.9 Å². The molecule has 11 nitrogen and oxygen atoms in total. The number of hydrogen-bond donors (Lipinski definition) is 1. The van der Waals surface area contributed by atoms with Gasteiger partial charge in [-0.25, -0.2) is 9.69 Å². The standard InChI is InChI=1S/C21H22F3N5O6S/c1-14-19(30)29(16-2-4-17(5-3-16)35-21(22,23)24)20(31)28(14)13-15-6-7-25-12-18(15)26-36(32,33)27-8-10-34-11-9-27/h2-7,12,14,26H,8-11,13H2,1H3. The lowest BCUT2D eigenvalue weighted by molar-refractivity contribution is -0.274. The van der Waals surface area contributed by atoms with Gasteiger partial charge in [0.05, 0.1) is 37.3 Å². The third-order valence-corrected chi connectivity index (χ3v) is 7.13. The highest BCUT2D eigenvalue weighted by Gasteiger charge is 2.43. The molecule has 15 heteroatoms. The van der Waals surface area contributed by atoms with Gasteiger partial charge in [0, 0.05) is 19.3 Å². The predicted molar refractivity (Wildman–Crippen MR) is 120 cm³/mol. The number of ether oxygens (including phenoxy) is 2. The number of benzene rings is 1. The second-order valence-electron chi connectivity index (χ2n) is 7.95. The summed E-state index contributed by atoms with van der Waals surface area (Å²) in [7, 11) is -3.91. The van der Waals surface area contributed by atoms with E-state index in [1.54, 1.807) is 0 Å². The molecule has 0 aliphatic carbocycles. The number of urea groups is 1. The highest BCUT2D eigenvalue weighted by Crippen LogP contribution is 2.31. The summed E-state index contributed by atoms with van der Waals surface area (Å²) in [5.41, 5.74) is 0.603. The van der Waals surface area contributed by atoms with Crippen molar-refractivity contribution in [3.05, 3.63) is 48.3 Å². The van der Waals surface area contributed by atoms with Crippen molar-refractivity contribution in [3.8, 4) is 5.75 Å². The Morgan fingerprint density at radius 2 is 1.81 bits per heavy atom. The number of aromatic nitrogens is 1. The minimum Gasteiger partial charge on any atom is -0.406 e. The van der Waals surface area contributed by atoms with Crippen LogP contribution in [0, 0.1) is 0 Å². The van der Waals surface area contributed by atoms with Crippen molar-refractivity contribution in [1.82, 2.24) is 14.2 Å². The number of amides is 3. The fourth-order valence-corrected chi connectivity index (χ4v) is 5.00. The lowest BCUT2D eigenvalue weighted by Gasteiger charge is -2.27. The molecule has 4 rings (SSSR count). The molecule has 1 unspecified atom stereocenters. The van der Waals surface area contributed by atoms with Crippen molar-refractivity contribution < 1.29 is 40.7 Å². The zero-order chi connectivity index (χ0) is 26.1. The first-order valence-corrected chi connectivity index (χ1v) is 12.2. The van der Waals surface area contributed by atoms with Crippen molar-refractivity contribution in [3.63, 3.8) is 0 Å². The summed E-state index contributed by atoms with van der Waals surface area (Å²) in [6.07, 6.45) is -2.15. The molecule has 36 heavy (non-hydrogen) atoms. The van der Waals surface area contributed by atoms with Crippen molar-refractivity contribution >= 4 is 33.5 Å². The quantitative estimate of drug-likeness (QED) is 0.547. The summed E-state index contributed by atoms with van der Waals surface area (Å²) in [5, 5.41) is 0. The minimum absolute atomic E-state index is 0.0665. The monoisotopic (exact) mass is 529 g/mol. The first-order valence-electron chi connectivity index (χ1n) is 10.8. The Hall–Kier alpha value is -3.43. The SMILES string of the molecule is CC1C(=O)N(c2ccc(OC(F)(F)F)cc2)C(=O)N1Cc1ccncc1NS(=O)(=O)N1CCOCC1. The van der Waals surface area contributed by atoms with Crippen LogP contribution in [0.2, 0.25) is 0 Å². The molecule has 3 amide bonds. The smallest absolute Gasteiger partial charge is 0.406 e. The summed E-state index contributed by atoms with van der Waals surface area (Å²) in [6.45, 7) is 2.27. The van der Waals surface area contributed by atoms with Crippen LogP contribution in [0.15, 0.2) is 42.7 Å². The average Bonchev–Trinajstić information content (AvgIpc) is 3.03. The molecule has 194 valence electrons. The molecule has 2 saturated heterocycles. The Labute approximate surface area is 204 Å². The molecule has 1 atom stereocenters. The molecule has 2 aromatic rings. The molecule has 1 N–H and O–H groups in total. The fourth-order valence-electron chi connectivity index (χ4n) is 3.77. The van der Waals surface area contributed by atoms with Gasteiger partial charge in [0.1, 0.15) is 11.8 Å². The van der Waals surface area contributed by atoms with Gasteiger partial charge in [0.15, 0.2) is 0 Å². The average molecular weight is 529 g/mol. The zero-order valence-corrected chi connectivity index (χ0v) is 19.8. The number of nitrogens with zero attached hydrogens (tertiary/aromatic N) is 4. The zero-order valence-electron chi connectivity index (χ0n) is 18.9. The van der Waals surface area contributed by atoms with E-state index in [1.165, 1.54) is 46.7 Å². The summed E-state index contributed by atoms with van der Waals surface area (Å²) in [5.74, 6) is -1.08. The van der Waals surface area contributed by atoms with Crippen LogP contribution in [-0.2, 0) is 26.3 Å². The molecule has 1 aromatic carbocycles. The van der Waals surface area contributed by atoms with Gasteiger partial charge in [-0.15, -0.1) is 13.2 Å². The summed E-state index contributed by atoms with van der Waals surface area (Å²) < 4.78 is 75.5. The highest BCUT2D eigenvalue weighted by molar-refractivity contribution is 7.90. The summed E-state index contributed by atoms with van der Waals surface area (Å²) in [4.78, 5) is 32.0. The van der Waals surface area contributed by atoms with E-state index in [0.29, 0.717) is 5.56 Å². The Bertz CT molecular complexity index is 1240. The lowest BCUT2D eigenvalue weighted by Crippen LogP contribution is -2.43. The van der Waals surface area contributed by atoms with Crippen LogP contribution < -0.4 is 14.4 Å². The van der Waals surface area contributed by atoms with Crippen LogP contribution in [0.25, 0.3) is 0 Å². The number of morpholine rings is 1. The number of nitrogens with one attached hydrogen (secondary N) is 1. The number of imide groups is 1. The number of pyridine rings is 1. The van der Waals surface area contributed by atoms with Crippen molar-refractivity contribution in [2.75, 3.05) is 35.9 Å². The van der Waals surface area contributed by atoms with Crippen molar-refractivity contribution in [2.24, 2.45) is 0 Å². The predicted octanol–water partition coefficient (Wildman–Crippen LogP) is 2.33. The molecule has 0 saturated carbocycles. The molecule has 0 bridgehead atoms. The Balaban J connectivity index is 1.52. The molecule has 3 heterocycles. The van der Waals surface area contributed by atoms with Gasteiger partial charge in [-0.1, -0.05) is 0 Å². The number of rotatable bonds is 7. The normalized spacial score (nSPS) is 19.6. The number of halogens is 3. The van der Waals surface area contributed by atoms with E-state index in [1.807, 2.05) is 0 Å². The van der Waals surface area contributed by atoms with Crippen LogP contribution in [-0.4, -0.2) is 73.3 Å². The van der Waals surface area contributed by atoms with E-state index in [9.17, 15) is 31.2 Å². The number of carbonyl (C=O) groups is 2. The minimum atomic E-state index is -4.88. The van der Waals surface area contributed by atoms with Crippen LogP contribution in [0.3, 0.4) is 0 Å². The van der Waals surface area contributed by atoms with Crippen LogP contribution in [0.1, 0.15) is 12.5 Å². The molecule has 0 radical (unpaired) electrons. The van der Waals surface area contributed by atoms with E-state index in [-0.39, 0.29) is 44.2 Å². The lowest BCUT2D eigenvalue weighted by atomic mass is 10.2. The molecule has 0 spiro atoms. The molecule has 2 aliphatic rings. The topological polar surface area (TPSA) is 121 Å². The molecular formula is C21H22F3N5O6S. The first kappa shape index (κ1) is 25.7. The van der Waals surface area contributed by atoms with Gasteiger partial charge in [-0.3, -0.25) is 14.5 Å². The van der Waals surface area contributed by atoms with E-state index in [4.69, 9.17) is 4.74 Å². The largest absolute Gasteiger partial charge is 0.573 e. The van der Waals surface area contributed by atoms with Gasteiger partial charge in [0.25, 0.3) is 5.91 Å². The molecule has 2 aliphatic heterocycles. The molecule has 2 fully saturated rings. The Morgan fingerprint density at radius 3 is 2.44 bits per heavy atom. The summed E-state index contributed by atoms with van der Waals surface area (Å²) in [6, 6.07) is 4.23. The van der Waals surface area contributed by atoms with Gasteiger partial charge in [-0.2, -0.15) is 12.7 Å².